The van der Waals surface area contributed by atoms with Crippen molar-refractivity contribution >= 4 is 49.7 Å². The molecule has 204 valence electrons. The highest BCUT2D eigenvalue weighted by molar-refractivity contribution is 7.93. The Morgan fingerprint density at radius 3 is 2.53 bits per heavy atom. The number of carbonyl (C=O) groups excluding carboxylic acids is 2. The molecule has 0 saturated carbocycles. The lowest BCUT2D eigenvalue weighted by molar-refractivity contribution is -0.138. The van der Waals surface area contributed by atoms with Crippen molar-refractivity contribution in [3.8, 4) is 0 Å². The normalized spacial score (nSPS) is 16.9. The molecule has 2 aromatic carbocycles. The Morgan fingerprint density at radius 2 is 1.84 bits per heavy atom. The maximum Gasteiger partial charge on any atom is 0.263 e. The molecular weight excluding hydrogens is 522 g/mol. The fourth-order valence-corrected chi connectivity index (χ4v) is 6.99. The van der Waals surface area contributed by atoms with Crippen LogP contribution < -0.4 is 14.5 Å². The van der Waals surface area contributed by atoms with Crippen LogP contribution in [-0.4, -0.2) is 62.3 Å². The number of nitrogens with zero attached hydrogens (tertiary/aromatic N) is 4. The standard InChI is InChI=1S/C27H31N5O4S2.2H2/c1-19(2)25(32-14-5-7-20-6-3-4-8-23(20)32)26(34)30-15-16-31(24(33)18-30)21-9-11-22(12-10-21)38(35,36)29-27-28-13-17-37-27;;/h3-4,6,8-13,17,19,25H,5,7,14-16,18H2,1-2H3,(H,28,29);2*1H/t25-;;/m1../s1. The van der Waals surface area contributed by atoms with E-state index in [-0.39, 0.29) is 43.2 Å². The van der Waals surface area contributed by atoms with Gasteiger partial charge in [-0.2, -0.15) is 0 Å². The molecule has 0 radical (unpaired) electrons. The lowest BCUT2D eigenvalue weighted by atomic mass is 9.94. The van der Waals surface area contributed by atoms with Crippen LogP contribution in [-0.2, 0) is 26.0 Å². The van der Waals surface area contributed by atoms with Crippen molar-refractivity contribution in [2.75, 3.05) is 40.7 Å². The lowest BCUT2D eigenvalue weighted by Crippen LogP contribution is -2.59. The molecule has 5 rings (SSSR count). The van der Waals surface area contributed by atoms with Crippen molar-refractivity contribution in [2.24, 2.45) is 5.92 Å². The molecule has 1 atom stereocenters. The summed E-state index contributed by atoms with van der Waals surface area (Å²) in [6.07, 6.45) is 3.52. The van der Waals surface area contributed by atoms with Gasteiger partial charge in [0.2, 0.25) is 11.8 Å². The molecule has 2 amide bonds. The summed E-state index contributed by atoms with van der Waals surface area (Å²) in [6, 6.07) is 14.1. The van der Waals surface area contributed by atoms with Crippen molar-refractivity contribution < 1.29 is 20.9 Å². The van der Waals surface area contributed by atoms with Crippen LogP contribution in [0.25, 0.3) is 0 Å². The average molecular weight is 558 g/mol. The second-order valence-electron chi connectivity index (χ2n) is 9.86. The number of rotatable bonds is 7. The molecule has 38 heavy (non-hydrogen) atoms. The number of piperazine rings is 1. The molecule has 9 nitrogen and oxygen atoms in total. The van der Waals surface area contributed by atoms with Crippen molar-refractivity contribution in [2.45, 2.75) is 37.6 Å². The molecular formula is C27H35N5O4S2. The van der Waals surface area contributed by atoms with Crippen LogP contribution in [0, 0.1) is 5.92 Å². The summed E-state index contributed by atoms with van der Waals surface area (Å²) in [5.41, 5.74) is 2.96. The first kappa shape index (κ1) is 26.2. The van der Waals surface area contributed by atoms with Gasteiger partial charge >= 0.3 is 0 Å². The van der Waals surface area contributed by atoms with Crippen LogP contribution in [0.3, 0.4) is 0 Å². The van der Waals surface area contributed by atoms with Crippen LogP contribution >= 0.6 is 11.3 Å². The Balaban J connectivity index is 0.00000220. The summed E-state index contributed by atoms with van der Waals surface area (Å²) in [6.45, 7) is 5.66. The van der Waals surface area contributed by atoms with Gasteiger partial charge < -0.3 is 14.7 Å². The number of amides is 2. The highest BCUT2D eigenvalue weighted by atomic mass is 32.2. The number of benzene rings is 2. The molecule has 2 aliphatic rings. The third-order valence-corrected chi connectivity index (χ3v) is 9.18. The zero-order valence-corrected chi connectivity index (χ0v) is 23.0. The summed E-state index contributed by atoms with van der Waals surface area (Å²) in [7, 11) is -3.78. The van der Waals surface area contributed by atoms with E-state index >= 15 is 0 Å². The van der Waals surface area contributed by atoms with Crippen LogP contribution in [0.5, 0.6) is 0 Å². The summed E-state index contributed by atoms with van der Waals surface area (Å²) in [5, 5.41) is 1.98. The Morgan fingerprint density at radius 1 is 1.08 bits per heavy atom. The Kier molecular flexibility index (Phi) is 7.40. The van der Waals surface area contributed by atoms with E-state index in [9.17, 15) is 18.0 Å². The molecule has 0 bridgehead atoms. The number of nitrogens with one attached hydrogen (secondary N) is 1. The number of aromatic nitrogens is 1. The lowest BCUT2D eigenvalue weighted by Gasteiger charge is -2.43. The van der Waals surface area contributed by atoms with E-state index in [0.29, 0.717) is 18.8 Å². The molecule has 1 N–H and O–H groups in total. The maximum atomic E-state index is 13.8. The average Bonchev–Trinajstić information content (AvgIpc) is 3.41. The molecule has 11 heteroatoms. The van der Waals surface area contributed by atoms with Crippen LogP contribution in [0.1, 0.15) is 28.7 Å². The smallest absolute Gasteiger partial charge is 0.263 e. The molecule has 3 heterocycles. The number of carbonyl (C=O) groups is 2. The minimum absolute atomic E-state index is 0. The van der Waals surface area contributed by atoms with Gasteiger partial charge in [0.25, 0.3) is 10.0 Å². The molecule has 0 unspecified atom stereocenters. The van der Waals surface area contributed by atoms with E-state index in [1.165, 1.54) is 35.2 Å². The van der Waals surface area contributed by atoms with Gasteiger partial charge in [0.1, 0.15) is 12.6 Å². The van der Waals surface area contributed by atoms with Crippen LogP contribution in [0.15, 0.2) is 65.0 Å². The van der Waals surface area contributed by atoms with Crippen LogP contribution in [0.2, 0.25) is 0 Å². The monoisotopic (exact) mass is 557 g/mol. The molecule has 3 aromatic rings. The number of para-hydroxylation sites is 1. The minimum Gasteiger partial charge on any atom is -0.359 e. The Bertz CT molecular complexity index is 1420. The van der Waals surface area contributed by atoms with Gasteiger partial charge in [-0.05, 0) is 54.7 Å². The predicted octanol–water partition coefficient (Wildman–Crippen LogP) is 4.09. The van der Waals surface area contributed by atoms with Crippen molar-refractivity contribution in [3.63, 3.8) is 0 Å². The van der Waals surface area contributed by atoms with E-state index < -0.39 is 10.0 Å². The number of thiazole rings is 1. The summed E-state index contributed by atoms with van der Waals surface area (Å²) in [5.74, 6) is -0.142. The number of fused-ring (bicyclic) bond motifs is 1. The van der Waals surface area contributed by atoms with Crippen molar-refractivity contribution in [1.29, 1.82) is 0 Å². The van der Waals surface area contributed by atoms with Crippen LogP contribution in [0.4, 0.5) is 16.5 Å². The zero-order valence-electron chi connectivity index (χ0n) is 21.4. The number of sulfonamides is 1. The molecule has 0 aliphatic carbocycles. The highest BCUT2D eigenvalue weighted by Crippen LogP contribution is 2.32. The van der Waals surface area contributed by atoms with Crippen molar-refractivity contribution in [1.82, 2.24) is 9.88 Å². The molecule has 1 saturated heterocycles. The fourth-order valence-electron chi connectivity index (χ4n) is 5.20. The number of aryl methyl sites for hydroxylation is 1. The summed E-state index contributed by atoms with van der Waals surface area (Å²) >= 11 is 1.19. The minimum atomic E-state index is -3.78. The van der Waals surface area contributed by atoms with Gasteiger partial charge in [-0.25, -0.2) is 13.4 Å². The highest BCUT2D eigenvalue weighted by Gasteiger charge is 2.37. The quantitative estimate of drug-likeness (QED) is 0.470. The van der Waals surface area contributed by atoms with Crippen molar-refractivity contribution in [3.05, 3.63) is 65.7 Å². The first-order valence-electron chi connectivity index (χ1n) is 12.7. The van der Waals surface area contributed by atoms with Gasteiger partial charge in [-0.3, -0.25) is 14.3 Å². The van der Waals surface area contributed by atoms with E-state index in [2.05, 4.69) is 40.6 Å². The first-order valence-corrected chi connectivity index (χ1v) is 15.1. The second kappa shape index (κ2) is 10.7. The zero-order chi connectivity index (χ0) is 26.9. The third-order valence-electron chi connectivity index (χ3n) is 7.01. The third kappa shape index (κ3) is 5.25. The topological polar surface area (TPSA) is 103 Å². The van der Waals surface area contributed by atoms with Gasteiger partial charge in [0, 0.05) is 45.4 Å². The maximum absolute atomic E-state index is 13.8. The number of anilines is 3. The number of hydrogen-bond donors (Lipinski definition) is 1. The van der Waals surface area contributed by atoms with Gasteiger partial charge in [-0.1, -0.05) is 32.0 Å². The Labute approximate surface area is 230 Å². The molecule has 2 aliphatic heterocycles. The predicted molar refractivity (Wildman–Crippen MR) is 153 cm³/mol. The molecule has 1 fully saturated rings. The van der Waals surface area contributed by atoms with E-state index in [0.717, 1.165) is 25.1 Å². The van der Waals surface area contributed by atoms with Gasteiger partial charge in [0.05, 0.1) is 4.90 Å². The summed E-state index contributed by atoms with van der Waals surface area (Å²) in [4.78, 5) is 36.4. The fraction of sp³-hybridized carbons (Fsp3) is 0.370. The number of hydrogen-bond acceptors (Lipinski definition) is 7. The molecule has 1 aromatic heterocycles. The largest absolute Gasteiger partial charge is 0.359 e. The van der Waals surface area contributed by atoms with E-state index in [1.54, 1.807) is 27.3 Å². The van der Waals surface area contributed by atoms with E-state index in [4.69, 9.17) is 0 Å². The Hall–Kier alpha value is -3.44. The van der Waals surface area contributed by atoms with Gasteiger partial charge in [0.15, 0.2) is 5.13 Å². The SMILES string of the molecule is CC(C)[C@H](C(=O)N1CCN(c2ccc(S(=O)(=O)Nc3nccs3)cc2)C(=O)C1)N1CCCc2ccccc21.[HH].[HH]. The summed E-state index contributed by atoms with van der Waals surface area (Å²) < 4.78 is 27.7. The van der Waals surface area contributed by atoms with E-state index in [1.807, 2.05) is 12.1 Å². The van der Waals surface area contributed by atoms with Gasteiger partial charge in [-0.15, -0.1) is 11.3 Å². The molecule has 0 spiro atoms. The second-order valence-corrected chi connectivity index (χ2v) is 12.4. The first-order chi connectivity index (χ1) is 18.2.